The van der Waals surface area contributed by atoms with E-state index in [9.17, 15) is 18.8 Å². The lowest BCUT2D eigenvalue weighted by molar-refractivity contribution is -0.136. The second kappa shape index (κ2) is 6.72. The second-order valence-corrected chi connectivity index (χ2v) is 6.27. The Balaban J connectivity index is 2.07. The van der Waals surface area contributed by atoms with Gasteiger partial charge in [0.1, 0.15) is 12.0 Å². The van der Waals surface area contributed by atoms with Crippen LogP contribution in [-0.2, 0) is 10.2 Å². The SMILES string of the molecule is Cc1ccccc1C1(C(=O)NO)CC=C(c2cncc(F)c2)C(F)C1. The number of nitrogens with zero attached hydrogens (tertiary/aromatic N) is 1. The van der Waals surface area contributed by atoms with Gasteiger partial charge in [0, 0.05) is 18.2 Å². The van der Waals surface area contributed by atoms with Crippen molar-refractivity contribution in [2.45, 2.75) is 31.4 Å². The Kier molecular flexibility index (Phi) is 4.63. The van der Waals surface area contributed by atoms with E-state index in [1.807, 2.05) is 19.1 Å². The number of allylic oxidation sites excluding steroid dienone is 2. The van der Waals surface area contributed by atoms with Crippen molar-refractivity contribution in [2.75, 3.05) is 0 Å². The number of hydrogen-bond acceptors (Lipinski definition) is 3. The van der Waals surface area contributed by atoms with Crippen LogP contribution >= 0.6 is 0 Å². The zero-order valence-electron chi connectivity index (χ0n) is 13.7. The minimum atomic E-state index is -1.49. The molecule has 4 nitrogen and oxygen atoms in total. The fraction of sp³-hybridized carbons (Fsp3) is 0.263. The molecular weight excluding hydrogens is 326 g/mol. The number of hydroxylamine groups is 1. The largest absolute Gasteiger partial charge is 0.289 e. The number of nitrogens with one attached hydrogen (secondary N) is 1. The maximum atomic E-state index is 15.0. The van der Waals surface area contributed by atoms with Crippen molar-refractivity contribution in [1.29, 1.82) is 0 Å². The molecule has 0 spiro atoms. The number of alkyl halides is 1. The van der Waals surface area contributed by atoms with Gasteiger partial charge in [-0.05, 0) is 36.1 Å². The quantitative estimate of drug-likeness (QED) is 0.662. The molecule has 1 heterocycles. The molecule has 0 saturated heterocycles. The summed E-state index contributed by atoms with van der Waals surface area (Å²) >= 11 is 0. The van der Waals surface area contributed by atoms with Gasteiger partial charge < -0.3 is 0 Å². The Labute approximate surface area is 144 Å². The van der Waals surface area contributed by atoms with Gasteiger partial charge >= 0.3 is 0 Å². The highest BCUT2D eigenvalue weighted by atomic mass is 19.1. The Morgan fingerprint density at radius 1 is 1.36 bits per heavy atom. The van der Waals surface area contributed by atoms with Crippen LogP contribution in [0.5, 0.6) is 0 Å². The average molecular weight is 344 g/mol. The number of benzene rings is 1. The van der Waals surface area contributed by atoms with Crippen LogP contribution in [0.1, 0.15) is 29.5 Å². The van der Waals surface area contributed by atoms with Gasteiger partial charge in [-0.25, -0.2) is 14.3 Å². The van der Waals surface area contributed by atoms with Crippen LogP contribution in [0.2, 0.25) is 0 Å². The smallest absolute Gasteiger partial charge is 0.254 e. The van der Waals surface area contributed by atoms with Gasteiger partial charge in [-0.3, -0.25) is 15.0 Å². The fourth-order valence-electron chi connectivity index (χ4n) is 3.52. The summed E-state index contributed by atoms with van der Waals surface area (Å²) in [7, 11) is 0. The van der Waals surface area contributed by atoms with Gasteiger partial charge in [0.15, 0.2) is 0 Å². The summed E-state index contributed by atoms with van der Waals surface area (Å²) in [6.07, 6.45) is 2.59. The minimum absolute atomic E-state index is 0.146. The highest BCUT2D eigenvalue weighted by Crippen LogP contribution is 2.44. The average Bonchev–Trinajstić information content (AvgIpc) is 2.61. The fourth-order valence-corrected chi connectivity index (χ4v) is 3.52. The summed E-state index contributed by atoms with van der Waals surface area (Å²) in [4.78, 5) is 16.2. The number of aryl methyl sites for hydroxylation is 1. The number of aromatic nitrogens is 1. The minimum Gasteiger partial charge on any atom is -0.289 e. The van der Waals surface area contributed by atoms with Crippen molar-refractivity contribution in [2.24, 2.45) is 0 Å². The Morgan fingerprint density at radius 3 is 2.76 bits per heavy atom. The van der Waals surface area contributed by atoms with E-state index in [0.29, 0.717) is 16.7 Å². The van der Waals surface area contributed by atoms with Crippen LogP contribution in [0.4, 0.5) is 8.78 Å². The number of rotatable bonds is 3. The van der Waals surface area contributed by atoms with Crippen molar-refractivity contribution in [3.8, 4) is 0 Å². The lowest BCUT2D eigenvalue weighted by Crippen LogP contribution is -2.47. The van der Waals surface area contributed by atoms with Crippen LogP contribution < -0.4 is 5.48 Å². The molecule has 1 aromatic heterocycles. The molecule has 6 heteroatoms. The molecule has 0 saturated carbocycles. The van der Waals surface area contributed by atoms with Crippen LogP contribution in [0, 0.1) is 12.7 Å². The molecule has 0 bridgehead atoms. The molecule has 0 fully saturated rings. The van der Waals surface area contributed by atoms with Gasteiger partial charge in [0.2, 0.25) is 0 Å². The topological polar surface area (TPSA) is 62.2 Å². The zero-order valence-corrected chi connectivity index (χ0v) is 13.7. The van der Waals surface area contributed by atoms with Crippen LogP contribution in [0.15, 0.2) is 48.8 Å². The number of amides is 1. The molecule has 1 aromatic carbocycles. The lowest BCUT2D eigenvalue weighted by Gasteiger charge is -2.37. The summed E-state index contributed by atoms with van der Waals surface area (Å²) in [6, 6.07) is 8.43. The normalized spacial score (nSPS) is 23.0. The summed E-state index contributed by atoms with van der Waals surface area (Å²) in [5.41, 5.74) is 2.62. The van der Waals surface area contributed by atoms with E-state index in [4.69, 9.17) is 0 Å². The van der Waals surface area contributed by atoms with E-state index < -0.39 is 23.3 Å². The molecule has 2 aromatic rings. The Hall–Kier alpha value is -2.60. The van der Waals surface area contributed by atoms with E-state index in [0.717, 1.165) is 11.8 Å². The molecule has 130 valence electrons. The third kappa shape index (κ3) is 3.05. The van der Waals surface area contributed by atoms with Crippen LogP contribution in [0.25, 0.3) is 5.57 Å². The number of pyridine rings is 1. The van der Waals surface area contributed by atoms with E-state index >= 15 is 0 Å². The van der Waals surface area contributed by atoms with Gasteiger partial charge in [-0.1, -0.05) is 30.3 Å². The summed E-state index contributed by atoms with van der Waals surface area (Å²) in [6.45, 7) is 1.84. The van der Waals surface area contributed by atoms with Crippen molar-refractivity contribution in [3.05, 3.63) is 71.3 Å². The van der Waals surface area contributed by atoms with E-state index in [2.05, 4.69) is 4.98 Å². The molecule has 0 aliphatic heterocycles. The molecule has 25 heavy (non-hydrogen) atoms. The first-order valence-electron chi connectivity index (χ1n) is 7.93. The van der Waals surface area contributed by atoms with Gasteiger partial charge in [-0.15, -0.1) is 0 Å². The van der Waals surface area contributed by atoms with Gasteiger partial charge in [-0.2, -0.15) is 0 Å². The molecule has 1 amide bonds. The van der Waals surface area contributed by atoms with Crippen molar-refractivity contribution >= 4 is 11.5 Å². The van der Waals surface area contributed by atoms with E-state index in [-0.39, 0.29) is 12.8 Å². The molecule has 3 rings (SSSR count). The third-order valence-electron chi connectivity index (χ3n) is 4.77. The molecule has 2 unspecified atom stereocenters. The number of hydrogen-bond donors (Lipinski definition) is 2. The summed E-state index contributed by atoms with van der Waals surface area (Å²) < 4.78 is 28.4. The number of carbonyl (C=O) groups excluding carboxylic acids is 1. The van der Waals surface area contributed by atoms with Crippen molar-refractivity contribution in [3.63, 3.8) is 0 Å². The van der Waals surface area contributed by atoms with Crippen LogP contribution in [-0.4, -0.2) is 22.3 Å². The lowest BCUT2D eigenvalue weighted by atomic mass is 9.67. The highest BCUT2D eigenvalue weighted by Gasteiger charge is 2.45. The van der Waals surface area contributed by atoms with Crippen molar-refractivity contribution < 1.29 is 18.8 Å². The molecule has 2 atom stereocenters. The molecule has 0 radical (unpaired) electrons. The van der Waals surface area contributed by atoms with Gasteiger partial charge in [0.25, 0.3) is 5.91 Å². The van der Waals surface area contributed by atoms with Crippen LogP contribution in [0.3, 0.4) is 0 Å². The molecule has 1 aliphatic rings. The first kappa shape index (κ1) is 17.2. The first-order chi connectivity index (χ1) is 12.0. The maximum absolute atomic E-state index is 15.0. The number of halogens is 2. The van der Waals surface area contributed by atoms with E-state index in [1.165, 1.54) is 12.3 Å². The molecule has 2 N–H and O–H groups in total. The molecular formula is C19H18F2N2O2. The van der Waals surface area contributed by atoms with Crippen molar-refractivity contribution in [1.82, 2.24) is 10.5 Å². The maximum Gasteiger partial charge on any atom is 0.254 e. The van der Waals surface area contributed by atoms with E-state index in [1.54, 1.807) is 23.7 Å². The zero-order chi connectivity index (χ0) is 18.0. The standard InChI is InChI=1S/C19H18F2N2O2/c1-12-4-2-3-5-16(12)19(18(24)23-25)7-6-15(17(21)9-19)13-8-14(20)11-22-10-13/h2-6,8,10-11,17,25H,7,9H2,1H3,(H,23,24). The number of carbonyl (C=O) groups is 1. The van der Waals surface area contributed by atoms with Gasteiger partial charge in [0.05, 0.1) is 11.6 Å². The second-order valence-electron chi connectivity index (χ2n) is 6.27. The third-order valence-corrected chi connectivity index (χ3v) is 4.77. The summed E-state index contributed by atoms with van der Waals surface area (Å²) in [5, 5.41) is 9.21. The monoisotopic (exact) mass is 344 g/mol. The Morgan fingerprint density at radius 2 is 2.12 bits per heavy atom. The highest BCUT2D eigenvalue weighted by molar-refractivity contribution is 5.90. The molecule has 1 aliphatic carbocycles. The summed E-state index contributed by atoms with van der Waals surface area (Å²) in [5.74, 6) is -1.20. The Bertz CT molecular complexity index is 838. The first-order valence-corrected chi connectivity index (χ1v) is 7.93. The predicted octanol–water partition coefficient (Wildman–Crippen LogP) is 3.49. The predicted molar refractivity (Wildman–Crippen MR) is 89.1 cm³/mol.